The van der Waals surface area contributed by atoms with Gasteiger partial charge in [0.15, 0.2) is 0 Å². The van der Waals surface area contributed by atoms with Crippen LogP contribution in [-0.4, -0.2) is 6.54 Å². The van der Waals surface area contributed by atoms with Gasteiger partial charge >= 0.3 is 0 Å². The smallest absolute Gasteiger partial charge is 0.0887 e. The Hall–Kier alpha value is 0.430. The highest BCUT2D eigenvalue weighted by molar-refractivity contribution is 9.11. The monoisotopic (exact) mass is 335 g/mol. The van der Waals surface area contributed by atoms with Crippen LogP contribution in [0.4, 0.5) is 0 Å². The molecule has 1 unspecified atom stereocenters. The predicted octanol–water partition coefficient (Wildman–Crippen LogP) is 5.39. The number of nitrogens with one attached hydrogen (secondary N) is 1. The zero-order valence-electron chi connectivity index (χ0n) is 10.1. The third kappa shape index (κ3) is 3.46. The van der Waals surface area contributed by atoms with Crippen molar-refractivity contribution in [1.29, 1.82) is 0 Å². The topological polar surface area (TPSA) is 12.0 Å². The molecule has 0 spiro atoms. The van der Waals surface area contributed by atoms with E-state index < -0.39 is 0 Å². The van der Waals surface area contributed by atoms with Gasteiger partial charge in [0.2, 0.25) is 0 Å². The Bertz CT molecular complexity index is 341. The lowest BCUT2D eigenvalue weighted by Crippen LogP contribution is -2.28. The molecular formula is C13H19BrClNS. The molecule has 0 amide bonds. The molecule has 0 radical (unpaired) electrons. The summed E-state index contributed by atoms with van der Waals surface area (Å²) in [4.78, 5) is 1.38. The Kier molecular flexibility index (Phi) is 5.34. The molecule has 1 aliphatic rings. The summed E-state index contributed by atoms with van der Waals surface area (Å²) in [5, 5.41) is 4.49. The zero-order valence-corrected chi connectivity index (χ0v) is 13.3. The Balaban J connectivity index is 2.15. The van der Waals surface area contributed by atoms with Crippen LogP contribution in [0.1, 0.15) is 49.9 Å². The number of hydrogen-bond donors (Lipinski definition) is 1. The summed E-state index contributed by atoms with van der Waals surface area (Å²) in [6, 6.07) is 2.62. The lowest BCUT2D eigenvalue weighted by Gasteiger charge is -2.30. The van der Waals surface area contributed by atoms with Crippen molar-refractivity contribution in [3.8, 4) is 0 Å². The highest BCUT2D eigenvalue weighted by Crippen LogP contribution is 2.41. The molecule has 96 valence electrons. The molecular weight excluding hydrogens is 318 g/mol. The molecule has 1 heterocycles. The molecule has 0 aromatic carbocycles. The summed E-state index contributed by atoms with van der Waals surface area (Å²) in [6.45, 7) is 3.20. The van der Waals surface area contributed by atoms with Gasteiger partial charge in [-0.1, -0.05) is 37.8 Å². The van der Waals surface area contributed by atoms with Crippen LogP contribution in [-0.2, 0) is 0 Å². The molecule has 1 N–H and O–H groups in total. The fourth-order valence-electron chi connectivity index (χ4n) is 2.70. The maximum absolute atomic E-state index is 6.15. The molecule has 1 fully saturated rings. The van der Waals surface area contributed by atoms with Gasteiger partial charge in [0.05, 0.1) is 8.81 Å². The van der Waals surface area contributed by atoms with Gasteiger partial charge < -0.3 is 5.32 Å². The molecule has 1 nitrogen and oxygen atoms in total. The number of rotatable bonds is 4. The zero-order chi connectivity index (χ0) is 12.3. The number of thiophene rings is 1. The quantitative estimate of drug-likeness (QED) is 0.776. The van der Waals surface area contributed by atoms with Crippen molar-refractivity contribution in [3.63, 3.8) is 0 Å². The minimum Gasteiger partial charge on any atom is -0.309 e. The van der Waals surface area contributed by atoms with E-state index in [2.05, 4.69) is 34.2 Å². The van der Waals surface area contributed by atoms with Gasteiger partial charge in [0.25, 0.3) is 0 Å². The second-order valence-corrected chi connectivity index (χ2v) is 7.51. The highest BCUT2D eigenvalue weighted by atomic mass is 79.9. The van der Waals surface area contributed by atoms with Gasteiger partial charge in [0, 0.05) is 10.9 Å². The van der Waals surface area contributed by atoms with E-state index >= 15 is 0 Å². The fraction of sp³-hybridized carbons (Fsp3) is 0.692. The number of hydrogen-bond acceptors (Lipinski definition) is 2. The Morgan fingerprint density at radius 1 is 1.47 bits per heavy atom. The van der Waals surface area contributed by atoms with Gasteiger partial charge in [-0.05, 0) is 47.3 Å². The normalized spacial score (nSPS) is 19.5. The third-order valence-corrected chi connectivity index (χ3v) is 6.07. The summed E-state index contributed by atoms with van der Waals surface area (Å²) in [5.74, 6) is 0.783. The summed E-state index contributed by atoms with van der Waals surface area (Å²) in [6.07, 6.45) is 6.87. The molecule has 17 heavy (non-hydrogen) atoms. The minimum atomic E-state index is 0.495. The summed E-state index contributed by atoms with van der Waals surface area (Å²) in [5.41, 5.74) is 0. The van der Waals surface area contributed by atoms with Crippen molar-refractivity contribution in [1.82, 2.24) is 5.32 Å². The minimum absolute atomic E-state index is 0.495. The van der Waals surface area contributed by atoms with Crippen molar-refractivity contribution in [3.05, 3.63) is 19.8 Å². The average molecular weight is 337 g/mol. The van der Waals surface area contributed by atoms with Crippen LogP contribution >= 0.6 is 38.9 Å². The van der Waals surface area contributed by atoms with Crippen molar-refractivity contribution < 1.29 is 0 Å². The van der Waals surface area contributed by atoms with Gasteiger partial charge in [-0.2, -0.15) is 0 Å². The van der Waals surface area contributed by atoms with Gasteiger partial charge in [-0.15, -0.1) is 11.3 Å². The van der Waals surface area contributed by atoms with E-state index in [9.17, 15) is 0 Å². The lowest BCUT2D eigenvalue weighted by atomic mass is 9.83. The second kappa shape index (κ2) is 6.55. The third-order valence-electron chi connectivity index (χ3n) is 3.52. The predicted molar refractivity (Wildman–Crippen MR) is 80.0 cm³/mol. The van der Waals surface area contributed by atoms with Crippen LogP contribution in [0, 0.1) is 5.92 Å². The van der Waals surface area contributed by atoms with Crippen molar-refractivity contribution in [2.45, 2.75) is 45.1 Å². The van der Waals surface area contributed by atoms with E-state index in [-0.39, 0.29) is 0 Å². The van der Waals surface area contributed by atoms with Crippen molar-refractivity contribution in [2.75, 3.05) is 6.54 Å². The second-order valence-electron chi connectivity index (χ2n) is 4.70. The summed E-state index contributed by atoms with van der Waals surface area (Å²) >= 11 is 11.4. The molecule has 1 aromatic heterocycles. The molecule has 0 saturated heterocycles. The van der Waals surface area contributed by atoms with Crippen molar-refractivity contribution in [2.24, 2.45) is 5.92 Å². The first-order valence-electron chi connectivity index (χ1n) is 6.40. The maximum atomic E-state index is 6.15. The fourth-order valence-corrected chi connectivity index (χ4v) is 4.62. The Labute approximate surface area is 121 Å². The van der Waals surface area contributed by atoms with E-state index in [0.717, 1.165) is 21.3 Å². The van der Waals surface area contributed by atoms with E-state index in [4.69, 9.17) is 11.6 Å². The molecule has 0 bridgehead atoms. The first kappa shape index (κ1) is 13.9. The number of halogens is 2. The largest absolute Gasteiger partial charge is 0.309 e. The highest BCUT2D eigenvalue weighted by Gasteiger charge is 2.26. The van der Waals surface area contributed by atoms with Crippen LogP contribution in [0.5, 0.6) is 0 Å². The van der Waals surface area contributed by atoms with Gasteiger partial charge in [-0.25, -0.2) is 0 Å². The molecule has 2 rings (SSSR count). The molecule has 4 heteroatoms. The Morgan fingerprint density at radius 2 is 2.18 bits per heavy atom. The molecule has 0 aliphatic heterocycles. The van der Waals surface area contributed by atoms with Crippen LogP contribution in [0.3, 0.4) is 0 Å². The van der Waals surface area contributed by atoms with E-state index in [1.54, 1.807) is 11.3 Å². The van der Waals surface area contributed by atoms with Crippen LogP contribution in [0.25, 0.3) is 0 Å². The summed E-state index contributed by atoms with van der Waals surface area (Å²) in [7, 11) is 0. The first-order chi connectivity index (χ1) is 8.22. The van der Waals surface area contributed by atoms with Crippen LogP contribution in [0.15, 0.2) is 9.85 Å². The molecule has 1 saturated carbocycles. The van der Waals surface area contributed by atoms with Gasteiger partial charge in [0.1, 0.15) is 0 Å². The first-order valence-corrected chi connectivity index (χ1v) is 8.39. The maximum Gasteiger partial charge on any atom is 0.0887 e. The van der Waals surface area contributed by atoms with Crippen LogP contribution in [0.2, 0.25) is 5.02 Å². The molecule has 1 aromatic rings. The average Bonchev–Trinajstić information content (AvgIpc) is 2.67. The van der Waals surface area contributed by atoms with E-state index in [0.29, 0.717) is 6.04 Å². The standard InChI is InChI=1S/C13H19BrClNS/c1-2-16-12(9-6-4-3-5-7-9)11-8-10(15)13(14)17-11/h8-9,12,16H,2-7H2,1H3. The summed E-state index contributed by atoms with van der Waals surface area (Å²) < 4.78 is 1.06. The van der Waals surface area contributed by atoms with E-state index in [1.807, 2.05) is 0 Å². The lowest BCUT2D eigenvalue weighted by molar-refractivity contribution is 0.277. The van der Waals surface area contributed by atoms with Crippen LogP contribution < -0.4 is 5.32 Å². The Morgan fingerprint density at radius 3 is 2.71 bits per heavy atom. The van der Waals surface area contributed by atoms with Crippen molar-refractivity contribution >= 4 is 38.9 Å². The van der Waals surface area contributed by atoms with E-state index in [1.165, 1.54) is 37.0 Å². The molecule has 1 atom stereocenters. The molecule has 1 aliphatic carbocycles. The van der Waals surface area contributed by atoms with Gasteiger partial charge in [-0.3, -0.25) is 0 Å². The SMILES string of the molecule is CCNC(c1cc(Cl)c(Br)s1)C1CCCCC1.